The predicted octanol–water partition coefficient (Wildman–Crippen LogP) is 2.70. The van der Waals surface area contributed by atoms with Crippen molar-refractivity contribution in [2.45, 2.75) is 38.3 Å². The number of hydrogen-bond acceptors (Lipinski definition) is 5. The highest BCUT2D eigenvalue weighted by molar-refractivity contribution is 7.12. The van der Waals surface area contributed by atoms with Gasteiger partial charge in [0.15, 0.2) is 0 Å². The van der Waals surface area contributed by atoms with Gasteiger partial charge in [0.2, 0.25) is 5.91 Å². The van der Waals surface area contributed by atoms with E-state index in [9.17, 15) is 9.59 Å². The van der Waals surface area contributed by atoms with Gasteiger partial charge in [0.1, 0.15) is 5.75 Å². The van der Waals surface area contributed by atoms with E-state index < -0.39 is 0 Å². The molecule has 0 aliphatic carbocycles. The summed E-state index contributed by atoms with van der Waals surface area (Å²) in [4.78, 5) is 27.6. The van der Waals surface area contributed by atoms with E-state index in [1.54, 1.807) is 7.11 Å². The van der Waals surface area contributed by atoms with Gasteiger partial charge in [0, 0.05) is 25.7 Å². The molecule has 1 aromatic carbocycles. The molecule has 0 bridgehead atoms. The second kappa shape index (κ2) is 10.4. The number of benzene rings is 1. The Morgan fingerprint density at radius 3 is 2.55 bits per heavy atom. The van der Waals surface area contributed by atoms with Crippen LogP contribution in [0.3, 0.4) is 0 Å². The molecule has 0 spiro atoms. The SMILES string of the molecule is COc1ccc(CCNC(=O)C(C)N2CCC(NC(=O)c3cccs3)CC2)cc1. The van der Waals surface area contributed by atoms with Crippen LogP contribution in [0.4, 0.5) is 0 Å². The molecule has 2 heterocycles. The first-order chi connectivity index (χ1) is 14.1. The fourth-order valence-corrected chi connectivity index (χ4v) is 4.16. The summed E-state index contributed by atoms with van der Waals surface area (Å²) in [6, 6.07) is 11.6. The van der Waals surface area contributed by atoms with Gasteiger partial charge in [-0.2, -0.15) is 0 Å². The number of methoxy groups -OCH3 is 1. The van der Waals surface area contributed by atoms with Crippen LogP contribution in [-0.2, 0) is 11.2 Å². The maximum Gasteiger partial charge on any atom is 0.261 e. The largest absolute Gasteiger partial charge is 0.497 e. The first-order valence-corrected chi connectivity index (χ1v) is 10.9. The molecule has 6 nitrogen and oxygen atoms in total. The molecule has 7 heteroatoms. The summed E-state index contributed by atoms with van der Waals surface area (Å²) in [6.07, 6.45) is 2.51. The van der Waals surface area contributed by atoms with E-state index in [1.165, 1.54) is 16.9 Å². The number of nitrogens with zero attached hydrogens (tertiary/aromatic N) is 1. The normalized spacial score (nSPS) is 16.2. The minimum Gasteiger partial charge on any atom is -0.497 e. The number of carbonyl (C=O) groups excluding carboxylic acids is 2. The number of rotatable bonds is 8. The van der Waals surface area contributed by atoms with Crippen molar-refractivity contribution < 1.29 is 14.3 Å². The average molecular weight is 416 g/mol. The van der Waals surface area contributed by atoms with Gasteiger partial charge in [-0.3, -0.25) is 14.5 Å². The Labute approximate surface area is 176 Å². The summed E-state index contributed by atoms with van der Waals surface area (Å²) in [5, 5.41) is 8.05. The first kappa shape index (κ1) is 21.3. The maximum atomic E-state index is 12.5. The van der Waals surface area contributed by atoms with Crippen LogP contribution in [0, 0.1) is 0 Å². The number of carbonyl (C=O) groups is 2. The second-order valence-electron chi connectivity index (χ2n) is 7.33. The summed E-state index contributed by atoms with van der Waals surface area (Å²) in [5.74, 6) is 0.892. The summed E-state index contributed by atoms with van der Waals surface area (Å²) in [5.41, 5.74) is 1.17. The molecule has 2 aromatic rings. The van der Waals surface area contributed by atoms with Gasteiger partial charge in [-0.25, -0.2) is 0 Å². The third-order valence-electron chi connectivity index (χ3n) is 5.41. The van der Waals surface area contributed by atoms with Gasteiger partial charge in [-0.05, 0) is 55.3 Å². The van der Waals surface area contributed by atoms with Crippen LogP contribution in [0.2, 0.25) is 0 Å². The molecule has 1 aliphatic heterocycles. The van der Waals surface area contributed by atoms with Crippen molar-refractivity contribution in [2.75, 3.05) is 26.7 Å². The zero-order valence-electron chi connectivity index (χ0n) is 17.0. The number of thiophene rings is 1. The Kier molecular flexibility index (Phi) is 7.66. The quantitative estimate of drug-likeness (QED) is 0.696. The fraction of sp³-hybridized carbons (Fsp3) is 0.455. The minimum atomic E-state index is -0.167. The van der Waals surface area contributed by atoms with Crippen LogP contribution in [-0.4, -0.2) is 55.5 Å². The van der Waals surface area contributed by atoms with Crippen LogP contribution in [0.15, 0.2) is 41.8 Å². The molecule has 1 fully saturated rings. The Hall–Kier alpha value is -2.38. The highest BCUT2D eigenvalue weighted by atomic mass is 32.1. The van der Waals surface area contributed by atoms with Crippen molar-refractivity contribution >= 4 is 23.2 Å². The lowest BCUT2D eigenvalue weighted by Crippen LogP contribution is -2.51. The molecule has 2 N–H and O–H groups in total. The number of amides is 2. The molecule has 2 amide bonds. The molecule has 1 aromatic heterocycles. The molecular formula is C22H29N3O3S. The van der Waals surface area contributed by atoms with Crippen molar-refractivity contribution in [2.24, 2.45) is 0 Å². The van der Waals surface area contributed by atoms with E-state index in [0.29, 0.717) is 6.54 Å². The van der Waals surface area contributed by atoms with Crippen LogP contribution in [0.1, 0.15) is 35.0 Å². The van der Waals surface area contributed by atoms with Crippen LogP contribution >= 0.6 is 11.3 Å². The monoisotopic (exact) mass is 415 g/mol. The van der Waals surface area contributed by atoms with Crippen molar-refractivity contribution in [1.29, 1.82) is 0 Å². The van der Waals surface area contributed by atoms with E-state index in [4.69, 9.17) is 4.74 Å². The lowest BCUT2D eigenvalue weighted by molar-refractivity contribution is -0.126. The molecule has 29 heavy (non-hydrogen) atoms. The molecule has 156 valence electrons. The summed E-state index contributed by atoms with van der Waals surface area (Å²) < 4.78 is 5.16. The molecule has 0 radical (unpaired) electrons. The lowest BCUT2D eigenvalue weighted by atomic mass is 10.0. The van der Waals surface area contributed by atoms with E-state index in [1.807, 2.05) is 48.7 Å². The van der Waals surface area contributed by atoms with Gasteiger partial charge < -0.3 is 15.4 Å². The van der Waals surface area contributed by atoms with Crippen molar-refractivity contribution in [3.8, 4) is 5.75 Å². The number of nitrogens with one attached hydrogen (secondary N) is 2. The third kappa shape index (κ3) is 6.05. The van der Waals surface area contributed by atoms with E-state index >= 15 is 0 Å². The topological polar surface area (TPSA) is 70.7 Å². The number of piperidine rings is 1. The number of likely N-dealkylation sites (tertiary alicyclic amines) is 1. The maximum absolute atomic E-state index is 12.5. The van der Waals surface area contributed by atoms with Crippen LogP contribution in [0.25, 0.3) is 0 Å². The van der Waals surface area contributed by atoms with E-state index in [-0.39, 0.29) is 23.9 Å². The molecule has 1 unspecified atom stereocenters. The molecule has 1 saturated heterocycles. The minimum absolute atomic E-state index is 0.00257. The number of hydrogen-bond donors (Lipinski definition) is 2. The van der Waals surface area contributed by atoms with Gasteiger partial charge in [0.05, 0.1) is 18.0 Å². The smallest absolute Gasteiger partial charge is 0.261 e. The van der Waals surface area contributed by atoms with E-state index in [2.05, 4.69) is 15.5 Å². The van der Waals surface area contributed by atoms with Crippen molar-refractivity contribution in [3.05, 3.63) is 52.2 Å². The highest BCUT2D eigenvalue weighted by Gasteiger charge is 2.27. The Morgan fingerprint density at radius 2 is 1.93 bits per heavy atom. The fourth-order valence-electron chi connectivity index (χ4n) is 3.53. The predicted molar refractivity (Wildman–Crippen MR) is 116 cm³/mol. The highest BCUT2D eigenvalue weighted by Crippen LogP contribution is 2.16. The molecular weight excluding hydrogens is 386 g/mol. The lowest BCUT2D eigenvalue weighted by Gasteiger charge is -2.35. The van der Waals surface area contributed by atoms with Gasteiger partial charge in [0.25, 0.3) is 5.91 Å². The zero-order chi connectivity index (χ0) is 20.6. The summed E-state index contributed by atoms with van der Waals surface area (Å²) >= 11 is 1.46. The van der Waals surface area contributed by atoms with Crippen LogP contribution < -0.4 is 15.4 Å². The Morgan fingerprint density at radius 1 is 1.21 bits per heavy atom. The van der Waals surface area contributed by atoms with Crippen molar-refractivity contribution in [1.82, 2.24) is 15.5 Å². The summed E-state index contributed by atoms with van der Waals surface area (Å²) in [7, 11) is 1.65. The van der Waals surface area contributed by atoms with E-state index in [0.717, 1.165) is 43.0 Å². The molecule has 1 atom stereocenters. The number of ether oxygens (including phenoxy) is 1. The van der Waals surface area contributed by atoms with Crippen LogP contribution in [0.5, 0.6) is 5.75 Å². The summed E-state index contributed by atoms with van der Waals surface area (Å²) in [6.45, 7) is 4.18. The Bertz CT molecular complexity index is 784. The van der Waals surface area contributed by atoms with Gasteiger partial charge in [-0.15, -0.1) is 11.3 Å². The van der Waals surface area contributed by atoms with Gasteiger partial charge >= 0.3 is 0 Å². The second-order valence-corrected chi connectivity index (χ2v) is 8.27. The molecule has 3 rings (SSSR count). The van der Waals surface area contributed by atoms with Gasteiger partial charge in [-0.1, -0.05) is 18.2 Å². The molecule has 0 saturated carbocycles. The zero-order valence-corrected chi connectivity index (χ0v) is 17.8. The Balaban J connectivity index is 1.37. The molecule has 1 aliphatic rings. The average Bonchev–Trinajstić information content (AvgIpc) is 3.29. The first-order valence-electron chi connectivity index (χ1n) is 10.1. The standard InChI is InChI=1S/C22H29N3O3S/c1-16(21(26)23-12-9-17-5-7-19(28-2)8-6-17)25-13-10-18(11-14-25)24-22(27)20-4-3-15-29-20/h3-8,15-16,18H,9-14H2,1-2H3,(H,23,26)(H,24,27). The van der Waals surface area contributed by atoms with Crippen molar-refractivity contribution in [3.63, 3.8) is 0 Å². The third-order valence-corrected chi connectivity index (χ3v) is 6.28.